The van der Waals surface area contributed by atoms with Gasteiger partial charge in [-0.05, 0) is 28.1 Å². The fourth-order valence-electron chi connectivity index (χ4n) is 1.30. The molecule has 2 amide bonds. The van der Waals surface area contributed by atoms with E-state index in [1.54, 1.807) is 24.5 Å². The second-order valence-electron chi connectivity index (χ2n) is 3.83. The molecule has 20 heavy (non-hydrogen) atoms. The Hall–Kier alpha value is -2.06. The van der Waals surface area contributed by atoms with E-state index in [0.29, 0.717) is 12.2 Å². The van der Waals surface area contributed by atoms with Crippen molar-refractivity contribution in [1.82, 2.24) is 4.98 Å². The number of amides is 2. The Morgan fingerprint density at radius 3 is 2.70 bits per heavy atom. The molecule has 0 fully saturated rings. The van der Waals surface area contributed by atoms with Gasteiger partial charge in [-0.3, -0.25) is 20.5 Å². The first-order valence-electron chi connectivity index (χ1n) is 5.82. The molecule has 8 heteroatoms. The van der Waals surface area contributed by atoms with E-state index < -0.39 is 0 Å². The van der Waals surface area contributed by atoms with Crippen LogP contribution in [0.15, 0.2) is 34.7 Å². The number of aromatic nitrogens is 1. The summed E-state index contributed by atoms with van der Waals surface area (Å²) in [7, 11) is 0. The molecule has 7 nitrogen and oxygen atoms in total. The molecular formula is C12H16BrN5O2+2. The highest BCUT2D eigenvalue weighted by Gasteiger charge is 2.15. The lowest BCUT2D eigenvalue weighted by Crippen LogP contribution is -2.88. The van der Waals surface area contributed by atoms with Gasteiger partial charge in [0, 0.05) is 18.1 Å². The summed E-state index contributed by atoms with van der Waals surface area (Å²) in [5, 5.41) is 9.28. The number of pyridine rings is 1. The highest BCUT2D eigenvalue weighted by atomic mass is 79.9. The fourth-order valence-corrected chi connectivity index (χ4v) is 1.59. The van der Waals surface area contributed by atoms with Gasteiger partial charge in [0.2, 0.25) is 5.91 Å². The van der Waals surface area contributed by atoms with Gasteiger partial charge in [-0.25, -0.2) is 4.79 Å². The number of carbonyl (C=O) groups excluding carboxylic acids is 2. The standard InChI is InChI=1S/C12H14BrN5O2/c13-11(9(15)7-14)12(20)17-6-3-10(19)18-8-1-4-16-5-2-8/h1-2,4-5,7,14H,3,6,15H2,(H,17,20)(H,16,18,19)/p+2/b11-9-,14-7?. The molecule has 0 spiro atoms. The van der Waals surface area contributed by atoms with E-state index in [4.69, 9.17) is 11.1 Å². The number of anilines is 1. The number of halogens is 1. The molecule has 0 aliphatic carbocycles. The summed E-state index contributed by atoms with van der Waals surface area (Å²) in [5.41, 5.74) is 6.30. The van der Waals surface area contributed by atoms with E-state index in [2.05, 4.69) is 26.2 Å². The topological polar surface area (TPSA) is 127 Å². The van der Waals surface area contributed by atoms with Crippen LogP contribution in [0.4, 0.5) is 5.69 Å². The minimum Gasteiger partial charge on any atom is -0.393 e. The molecule has 0 saturated carbocycles. The highest BCUT2D eigenvalue weighted by molar-refractivity contribution is 9.12. The number of allylic oxidation sites excluding steroid dienone is 1. The summed E-state index contributed by atoms with van der Waals surface area (Å²) in [6.07, 6.45) is 4.49. The molecule has 0 aliphatic heterocycles. The molecule has 0 radical (unpaired) electrons. The van der Waals surface area contributed by atoms with Crippen molar-refractivity contribution in [1.29, 1.82) is 0 Å². The molecule has 0 saturated heterocycles. The fraction of sp³-hybridized carbons (Fsp3) is 0.167. The van der Waals surface area contributed by atoms with E-state index in [0.717, 1.165) is 6.21 Å². The third-order valence-corrected chi connectivity index (χ3v) is 3.16. The molecule has 1 rings (SSSR count). The van der Waals surface area contributed by atoms with Gasteiger partial charge in [0.1, 0.15) is 5.70 Å². The zero-order valence-corrected chi connectivity index (χ0v) is 12.3. The molecule has 0 aliphatic rings. The van der Waals surface area contributed by atoms with Gasteiger partial charge in [0.25, 0.3) is 0 Å². The number of nitrogens with zero attached hydrogens (tertiary/aromatic N) is 1. The number of hydrogen-bond donors (Lipinski definition) is 4. The molecule has 1 aromatic rings. The van der Waals surface area contributed by atoms with Crippen LogP contribution in [-0.4, -0.2) is 29.6 Å². The number of nitrogens with two attached hydrogens (primary N) is 3. The third-order valence-electron chi connectivity index (χ3n) is 2.31. The summed E-state index contributed by atoms with van der Waals surface area (Å²) < 4.78 is 0.189. The second kappa shape index (κ2) is 8.18. The van der Waals surface area contributed by atoms with Crippen LogP contribution in [0, 0.1) is 0 Å². The molecule has 0 bridgehead atoms. The van der Waals surface area contributed by atoms with E-state index >= 15 is 0 Å². The van der Waals surface area contributed by atoms with Gasteiger partial charge in [0.15, 0.2) is 10.7 Å². The van der Waals surface area contributed by atoms with Crippen LogP contribution in [-0.2, 0) is 9.59 Å². The van der Waals surface area contributed by atoms with Crippen LogP contribution >= 0.6 is 15.9 Å². The number of nitrogens with one attached hydrogen (secondary N) is 1. The first-order chi connectivity index (χ1) is 9.54. The predicted molar refractivity (Wildman–Crippen MR) is 77.4 cm³/mol. The van der Waals surface area contributed by atoms with Crippen molar-refractivity contribution < 1.29 is 20.3 Å². The average Bonchev–Trinajstić information content (AvgIpc) is 2.46. The van der Waals surface area contributed by atoms with Crippen LogP contribution in [0.1, 0.15) is 6.42 Å². The molecule has 1 heterocycles. The van der Waals surface area contributed by atoms with E-state index in [1.165, 1.54) is 5.32 Å². The summed E-state index contributed by atoms with van der Waals surface area (Å²) in [5.74, 6) is -0.486. The zero-order valence-electron chi connectivity index (χ0n) is 10.7. The summed E-state index contributed by atoms with van der Waals surface area (Å²) in [6, 6.07) is 3.37. The van der Waals surface area contributed by atoms with Crippen molar-refractivity contribution in [3.63, 3.8) is 0 Å². The summed E-state index contributed by atoms with van der Waals surface area (Å²) >= 11 is 3.04. The van der Waals surface area contributed by atoms with Gasteiger partial charge in [-0.15, -0.1) is 0 Å². The SMILES string of the molecule is N/C(C=[NH2+])=C(\Br)C(=O)[NH2+]CCC(=O)Nc1ccncc1. The Labute approximate surface area is 124 Å². The minimum absolute atomic E-state index is 0.160. The molecular weight excluding hydrogens is 326 g/mol. The second-order valence-corrected chi connectivity index (χ2v) is 4.62. The maximum Gasteiger partial charge on any atom is 0.352 e. The van der Waals surface area contributed by atoms with Gasteiger partial charge in [-0.2, -0.15) is 0 Å². The quantitative estimate of drug-likeness (QED) is 0.349. The number of quaternary nitrogens is 1. The first kappa shape index (κ1) is 16.0. The van der Waals surface area contributed by atoms with Crippen molar-refractivity contribution in [2.24, 2.45) is 5.73 Å². The molecule has 0 unspecified atom stereocenters. The lowest BCUT2D eigenvalue weighted by Gasteiger charge is -2.03. The molecule has 7 N–H and O–H groups in total. The van der Waals surface area contributed by atoms with Crippen molar-refractivity contribution in [2.45, 2.75) is 6.42 Å². The number of hydrogen-bond acceptors (Lipinski definition) is 4. The van der Waals surface area contributed by atoms with Gasteiger partial charge in [0.05, 0.1) is 13.0 Å². The number of primary amides is 1. The highest BCUT2D eigenvalue weighted by Crippen LogP contribution is 2.04. The van der Waals surface area contributed by atoms with E-state index in [-0.39, 0.29) is 28.4 Å². The third kappa shape index (κ3) is 5.29. The minimum atomic E-state index is -0.305. The van der Waals surface area contributed by atoms with Crippen LogP contribution < -0.4 is 21.8 Å². The predicted octanol–water partition coefficient (Wildman–Crippen LogP) is -2.10. The average molecular weight is 342 g/mol. The Morgan fingerprint density at radius 2 is 2.10 bits per heavy atom. The molecule has 0 atom stereocenters. The normalized spacial score (nSPS) is 11.4. The zero-order chi connectivity index (χ0) is 15.0. The summed E-state index contributed by atoms with van der Waals surface area (Å²) in [4.78, 5) is 27.1. The van der Waals surface area contributed by atoms with Gasteiger partial charge < -0.3 is 11.1 Å². The number of carbonyl (C=O) groups is 2. The number of rotatable bonds is 6. The monoisotopic (exact) mass is 341 g/mol. The van der Waals surface area contributed by atoms with Crippen molar-refractivity contribution >= 4 is 39.6 Å². The molecule has 0 aromatic carbocycles. The first-order valence-corrected chi connectivity index (χ1v) is 6.61. The Kier molecular flexibility index (Phi) is 6.54. The Bertz CT molecular complexity index is 530. The largest absolute Gasteiger partial charge is 0.393 e. The maximum absolute atomic E-state index is 11.6. The van der Waals surface area contributed by atoms with Crippen molar-refractivity contribution in [3.8, 4) is 0 Å². The lowest BCUT2D eigenvalue weighted by molar-refractivity contribution is -0.563. The maximum atomic E-state index is 11.6. The molecule has 1 aromatic heterocycles. The van der Waals surface area contributed by atoms with E-state index in [9.17, 15) is 9.59 Å². The van der Waals surface area contributed by atoms with E-state index in [1.807, 2.05) is 0 Å². The van der Waals surface area contributed by atoms with Crippen LogP contribution in [0.3, 0.4) is 0 Å². The van der Waals surface area contributed by atoms with Gasteiger partial charge >= 0.3 is 5.91 Å². The Morgan fingerprint density at radius 1 is 1.45 bits per heavy atom. The smallest absolute Gasteiger partial charge is 0.352 e. The Balaban J connectivity index is 2.36. The van der Waals surface area contributed by atoms with Crippen LogP contribution in [0.2, 0.25) is 0 Å². The van der Waals surface area contributed by atoms with Gasteiger partial charge in [-0.1, -0.05) is 0 Å². The van der Waals surface area contributed by atoms with Crippen LogP contribution in [0.5, 0.6) is 0 Å². The van der Waals surface area contributed by atoms with Crippen molar-refractivity contribution in [3.05, 3.63) is 34.7 Å². The molecule has 106 valence electrons. The van der Waals surface area contributed by atoms with Crippen molar-refractivity contribution in [2.75, 3.05) is 11.9 Å². The van der Waals surface area contributed by atoms with Crippen LogP contribution in [0.25, 0.3) is 0 Å². The summed E-state index contributed by atoms with van der Waals surface area (Å²) in [6.45, 7) is 0.308. The lowest BCUT2D eigenvalue weighted by atomic mass is 10.3.